The number of nitrogens with one attached hydrogen (secondary N) is 1. The number of rotatable bonds is 6. The molecule has 1 amide bonds. The van der Waals surface area contributed by atoms with Crippen LogP contribution in [0.4, 0.5) is 11.4 Å². The number of carbonyl (C=O) groups excluding carboxylic acids is 1. The van der Waals surface area contributed by atoms with Crippen molar-refractivity contribution in [3.8, 4) is 0 Å². The number of anilines is 2. The Hall–Kier alpha value is -2.83. The minimum Gasteiger partial charge on any atom is -0.478 e. The van der Waals surface area contributed by atoms with E-state index >= 15 is 0 Å². The third kappa shape index (κ3) is 4.17. The van der Waals surface area contributed by atoms with Gasteiger partial charge >= 0.3 is 5.97 Å². The number of nitrogens with zero attached hydrogens (tertiary/aromatic N) is 3. The Bertz CT molecular complexity index is 811. The summed E-state index contributed by atoms with van der Waals surface area (Å²) < 4.78 is 1.86. The van der Waals surface area contributed by atoms with Gasteiger partial charge in [0.2, 0.25) is 5.91 Å². The lowest BCUT2D eigenvalue weighted by Crippen LogP contribution is -2.23. The molecule has 134 valence electrons. The fourth-order valence-electron chi connectivity index (χ4n) is 2.90. The van der Waals surface area contributed by atoms with Crippen LogP contribution in [0.15, 0.2) is 18.2 Å². The maximum atomic E-state index is 11.6. The lowest BCUT2D eigenvalue weighted by atomic mass is 10.1. The monoisotopic (exact) mass is 344 g/mol. The first-order valence-electron chi connectivity index (χ1n) is 8.05. The fraction of sp³-hybridized carbons (Fsp3) is 0.389. The summed E-state index contributed by atoms with van der Waals surface area (Å²) in [5, 5.41) is 16.5. The molecule has 0 atom stereocenters. The molecule has 0 aliphatic rings. The van der Waals surface area contributed by atoms with E-state index < -0.39 is 5.97 Å². The second kappa shape index (κ2) is 7.38. The molecule has 1 aromatic carbocycles. The Labute approximate surface area is 147 Å². The Morgan fingerprint density at radius 2 is 2.00 bits per heavy atom. The molecule has 7 nitrogen and oxygen atoms in total. The van der Waals surface area contributed by atoms with Crippen molar-refractivity contribution >= 4 is 23.3 Å². The number of amides is 1. The summed E-state index contributed by atoms with van der Waals surface area (Å²) in [5.41, 5.74) is 4.54. The molecule has 0 fully saturated rings. The summed E-state index contributed by atoms with van der Waals surface area (Å²) in [7, 11) is 3.78. The third-order valence-electron chi connectivity index (χ3n) is 4.31. The Balaban J connectivity index is 2.21. The predicted molar refractivity (Wildman–Crippen MR) is 97.4 cm³/mol. The number of likely N-dealkylation sites (N-methyl/N-ethyl adjacent to an activating group) is 1. The molecular weight excluding hydrogens is 320 g/mol. The van der Waals surface area contributed by atoms with E-state index in [1.54, 1.807) is 12.1 Å². The quantitative estimate of drug-likeness (QED) is 0.840. The maximum Gasteiger partial charge on any atom is 0.337 e. The molecule has 2 N–H and O–H groups in total. The van der Waals surface area contributed by atoms with Gasteiger partial charge in [-0.15, -0.1) is 0 Å². The number of carbonyl (C=O) groups is 2. The van der Waals surface area contributed by atoms with Crippen molar-refractivity contribution in [3.05, 3.63) is 40.7 Å². The van der Waals surface area contributed by atoms with Gasteiger partial charge in [0.25, 0.3) is 0 Å². The van der Waals surface area contributed by atoms with E-state index in [0.717, 1.165) is 17.8 Å². The summed E-state index contributed by atoms with van der Waals surface area (Å²) >= 11 is 0. The van der Waals surface area contributed by atoms with Crippen LogP contribution in [0, 0.1) is 13.8 Å². The van der Waals surface area contributed by atoms with Crippen molar-refractivity contribution in [2.75, 3.05) is 23.8 Å². The van der Waals surface area contributed by atoms with Gasteiger partial charge in [-0.25, -0.2) is 4.79 Å². The lowest BCUT2D eigenvalue weighted by Gasteiger charge is -2.22. The zero-order chi connectivity index (χ0) is 18.7. The van der Waals surface area contributed by atoms with Crippen molar-refractivity contribution in [2.24, 2.45) is 7.05 Å². The van der Waals surface area contributed by atoms with Crippen molar-refractivity contribution in [2.45, 2.75) is 27.2 Å². The van der Waals surface area contributed by atoms with Crippen molar-refractivity contribution < 1.29 is 14.7 Å². The van der Waals surface area contributed by atoms with Gasteiger partial charge < -0.3 is 15.3 Å². The SMILES string of the molecule is CC(=O)Nc1ccc(N(C)CCc2c(C)nn(C)c2C)c(C(=O)O)c1. The highest BCUT2D eigenvalue weighted by Gasteiger charge is 2.16. The molecule has 0 saturated carbocycles. The molecule has 2 rings (SSSR count). The van der Waals surface area contributed by atoms with Crippen molar-refractivity contribution in [3.63, 3.8) is 0 Å². The van der Waals surface area contributed by atoms with Crippen molar-refractivity contribution in [1.82, 2.24) is 9.78 Å². The van der Waals surface area contributed by atoms with E-state index in [1.165, 1.54) is 18.6 Å². The van der Waals surface area contributed by atoms with E-state index in [4.69, 9.17) is 0 Å². The molecule has 2 aromatic rings. The standard InChI is InChI=1S/C18H24N4O3/c1-11-15(12(2)22(5)20-11)8-9-21(4)17-7-6-14(19-13(3)23)10-16(17)18(24)25/h6-7,10H,8-9H2,1-5H3,(H,19,23)(H,24,25). The predicted octanol–water partition coefficient (Wildman–Crippen LogP) is 2.37. The smallest absolute Gasteiger partial charge is 0.337 e. The van der Waals surface area contributed by atoms with Crippen LogP contribution in [-0.2, 0) is 18.3 Å². The van der Waals surface area contributed by atoms with Gasteiger partial charge in [-0.1, -0.05) is 0 Å². The summed E-state index contributed by atoms with van der Waals surface area (Å²) in [4.78, 5) is 24.7. The molecule has 0 saturated heterocycles. The van der Waals surface area contributed by atoms with Crippen LogP contribution >= 0.6 is 0 Å². The fourth-order valence-corrected chi connectivity index (χ4v) is 2.90. The molecular formula is C18H24N4O3. The summed E-state index contributed by atoms with van der Waals surface area (Å²) in [6, 6.07) is 4.91. The average molecular weight is 344 g/mol. The zero-order valence-electron chi connectivity index (χ0n) is 15.3. The number of aromatic nitrogens is 2. The van der Waals surface area contributed by atoms with E-state index in [2.05, 4.69) is 10.4 Å². The largest absolute Gasteiger partial charge is 0.478 e. The topological polar surface area (TPSA) is 87.5 Å². The Morgan fingerprint density at radius 3 is 2.52 bits per heavy atom. The zero-order valence-corrected chi connectivity index (χ0v) is 15.3. The van der Waals surface area contributed by atoms with Gasteiger partial charge in [0.15, 0.2) is 0 Å². The van der Waals surface area contributed by atoms with Crippen LogP contribution in [0.2, 0.25) is 0 Å². The number of aromatic carboxylic acids is 1. The molecule has 1 heterocycles. The summed E-state index contributed by atoms with van der Waals surface area (Å²) in [5.74, 6) is -1.26. The number of carboxylic acids is 1. The molecule has 0 aliphatic carbocycles. The second-order valence-electron chi connectivity index (χ2n) is 6.16. The highest BCUT2D eigenvalue weighted by Crippen LogP contribution is 2.24. The van der Waals surface area contributed by atoms with E-state index in [1.807, 2.05) is 37.5 Å². The van der Waals surface area contributed by atoms with Crippen molar-refractivity contribution in [1.29, 1.82) is 0 Å². The van der Waals surface area contributed by atoms with Crippen LogP contribution < -0.4 is 10.2 Å². The molecule has 0 bridgehead atoms. The van der Waals surface area contributed by atoms with Crippen LogP contribution in [0.25, 0.3) is 0 Å². The first-order chi connectivity index (χ1) is 11.7. The van der Waals surface area contributed by atoms with E-state index in [9.17, 15) is 14.7 Å². The van der Waals surface area contributed by atoms with Crippen LogP contribution in [0.1, 0.15) is 34.2 Å². The molecule has 0 aliphatic heterocycles. The Morgan fingerprint density at radius 1 is 1.32 bits per heavy atom. The van der Waals surface area contributed by atoms with Gasteiger partial charge in [-0.05, 0) is 44.0 Å². The summed E-state index contributed by atoms with van der Waals surface area (Å²) in [6.45, 7) is 6.06. The van der Waals surface area contributed by atoms with Gasteiger partial charge in [0.1, 0.15) is 0 Å². The minimum atomic E-state index is -1.03. The first-order valence-corrected chi connectivity index (χ1v) is 8.05. The minimum absolute atomic E-state index is 0.161. The van der Waals surface area contributed by atoms with E-state index in [-0.39, 0.29) is 11.5 Å². The molecule has 1 aromatic heterocycles. The first kappa shape index (κ1) is 18.5. The Kier molecular flexibility index (Phi) is 5.46. The molecule has 7 heteroatoms. The average Bonchev–Trinajstić information content (AvgIpc) is 2.77. The number of hydrogen-bond acceptors (Lipinski definition) is 4. The van der Waals surface area contributed by atoms with E-state index in [0.29, 0.717) is 17.9 Å². The maximum absolute atomic E-state index is 11.6. The van der Waals surface area contributed by atoms with Gasteiger partial charge in [0.05, 0.1) is 16.9 Å². The second-order valence-corrected chi connectivity index (χ2v) is 6.16. The van der Waals surface area contributed by atoms with Crippen LogP contribution in [-0.4, -0.2) is 40.4 Å². The number of aryl methyl sites for hydroxylation is 2. The summed E-state index contributed by atoms with van der Waals surface area (Å²) in [6.07, 6.45) is 0.772. The van der Waals surface area contributed by atoms with Crippen LogP contribution in [0.5, 0.6) is 0 Å². The van der Waals surface area contributed by atoms with Gasteiger partial charge in [-0.2, -0.15) is 5.10 Å². The van der Waals surface area contributed by atoms with Crippen LogP contribution in [0.3, 0.4) is 0 Å². The molecule has 0 radical (unpaired) electrons. The molecule has 25 heavy (non-hydrogen) atoms. The molecule has 0 unspecified atom stereocenters. The number of hydrogen-bond donors (Lipinski definition) is 2. The highest BCUT2D eigenvalue weighted by atomic mass is 16.4. The normalized spacial score (nSPS) is 10.6. The number of benzene rings is 1. The molecule has 0 spiro atoms. The highest BCUT2D eigenvalue weighted by molar-refractivity contribution is 5.97. The lowest BCUT2D eigenvalue weighted by molar-refractivity contribution is -0.114. The van der Waals surface area contributed by atoms with Gasteiger partial charge in [0, 0.05) is 38.9 Å². The van der Waals surface area contributed by atoms with Gasteiger partial charge in [-0.3, -0.25) is 9.48 Å². The third-order valence-corrected chi connectivity index (χ3v) is 4.31. The number of carboxylic acid groups (broad SMARTS) is 1.